The first-order valence-corrected chi connectivity index (χ1v) is 5.73. The maximum atomic E-state index is 13.3. The lowest BCUT2D eigenvalue weighted by Gasteiger charge is -2.06. The minimum Gasteiger partial charge on any atom is -0.397 e. The van der Waals surface area contributed by atoms with Crippen molar-refractivity contribution in [3.05, 3.63) is 39.6 Å². The summed E-state index contributed by atoms with van der Waals surface area (Å²) in [5.74, 6) is -0.380. The fraction of sp³-hybridized carbons (Fsp3) is 0.250. The Balaban J connectivity index is 3.17. The van der Waals surface area contributed by atoms with Gasteiger partial charge in [-0.3, -0.25) is 0 Å². The van der Waals surface area contributed by atoms with Crippen molar-refractivity contribution < 1.29 is 4.39 Å². The molecule has 0 aliphatic rings. The quantitative estimate of drug-likeness (QED) is 0.862. The zero-order valence-electron chi connectivity index (χ0n) is 8.93. The third-order valence-corrected chi connectivity index (χ3v) is 2.83. The molecule has 84 valence electrons. The van der Waals surface area contributed by atoms with Crippen molar-refractivity contribution in [1.29, 1.82) is 5.26 Å². The molecule has 1 aromatic carbocycles. The van der Waals surface area contributed by atoms with E-state index in [-0.39, 0.29) is 5.82 Å². The van der Waals surface area contributed by atoms with E-state index in [1.165, 1.54) is 6.07 Å². The van der Waals surface area contributed by atoms with Gasteiger partial charge >= 0.3 is 0 Å². The maximum Gasteiger partial charge on any atom is 0.138 e. The molecule has 0 bridgehead atoms. The summed E-state index contributed by atoms with van der Waals surface area (Å²) in [7, 11) is 0. The lowest BCUT2D eigenvalue weighted by atomic mass is 10.0. The van der Waals surface area contributed by atoms with Crippen molar-refractivity contribution >= 4 is 21.6 Å². The predicted octanol–water partition coefficient (Wildman–Crippen LogP) is 3.58. The second-order valence-electron chi connectivity index (χ2n) is 3.38. The molecular weight excluding hydrogens is 271 g/mol. The highest BCUT2D eigenvalue weighted by Gasteiger charge is 2.07. The molecule has 0 aliphatic carbocycles. The summed E-state index contributed by atoms with van der Waals surface area (Å²) in [6.45, 7) is 1.97. The minimum absolute atomic E-state index is 0.357. The standard InChI is InChI=1S/C12H12BrFN2/c1-2-3-9(7-15)12(16)8-4-5-10(13)11(14)6-8/h4-6H,2-3,16H2,1H3/b12-9-. The fourth-order valence-electron chi connectivity index (χ4n) is 1.34. The summed E-state index contributed by atoms with van der Waals surface area (Å²) in [6, 6.07) is 6.65. The van der Waals surface area contributed by atoms with Crippen molar-refractivity contribution in [2.75, 3.05) is 0 Å². The highest BCUT2D eigenvalue weighted by Crippen LogP contribution is 2.22. The van der Waals surface area contributed by atoms with Crippen molar-refractivity contribution in [3.8, 4) is 6.07 Å². The van der Waals surface area contributed by atoms with Crippen LogP contribution in [0.15, 0.2) is 28.2 Å². The van der Waals surface area contributed by atoms with Crippen LogP contribution in [0.2, 0.25) is 0 Å². The van der Waals surface area contributed by atoms with Crippen molar-refractivity contribution in [1.82, 2.24) is 0 Å². The van der Waals surface area contributed by atoms with Crippen molar-refractivity contribution in [2.24, 2.45) is 5.73 Å². The number of nitriles is 1. The molecule has 0 unspecified atom stereocenters. The normalized spacial score (nSPS) is 11.9. The van der Waals surface area contributed by atoms with Gasteiger partial charge in [-0.2, -0.15) is 5.26 Å². The highest BCUT2D eigenvalue weighted by molar-refractivity contribution is 9.10. The second-order valence-corrected chi connectivity index (χ2v) is 4.24. The number of hydrogen-bond donors (Lipinski definition) is 1. The number of benzene rings is 1. The summed E-state index contributed by atoms with van der Waals surface area (Å²) in [5.41, 5.74) is 7.24. The molecule has 2 N–H and O–H groups in total. The number of nitrogens with two attached hydrogens (primary N) is 1. The van der Waals surface area contributed by atoms with Crippen LogP contribution in [0, 0.1) is 17.1 Å². The number of allylic oxidation sites excluding steroid dienone is 1. The number of rotatable bonds is 3. The SMILES string of the molecule is CCC/C(C#N)=C(/N)c1ccc(Br)c(F)c1. The van der Waals surface area contributed by atoms with Crippen LogP contribution in [-0.2, 0) is 0 Å². The zero-order valence-corrected chi connectivity index (χ0v) is 10.5. The summed E-state index contributed by atoms with van der Waals surface area (Å²) in [6.07, 6.45) is 1.45. The third-order valence-electron chi connectivity index (χ3n) is 2.19. The van der Waals surface area contributed by atoms with Crippen LogP contribution in [0.1, 0.15) is 25.3 Å². The fourth-order valence-corrected chi connectivity index (χ4v) is 1.59. The number of halogens is 2. The largest absolute Gasteiger partial charge is 0.397 e. The zero-order chi connectivity index (χ0) is 12.1. The van der Waals surface area contributed by atoms with Crippen LogP contribution in [0.25, 0.3) is 5.70 Å². The van der Waals surface area contributed by atoms with Crippen LogP contribution in [0.5, 0.6) is 0 Å². The first kappa shape index (κ1) is 12.7. The van der Waals surface area contributed by atoms with Gasteiger partial charge in [-0.25, -0.2) is 4.39 Å². The van der Waals surface area contributed by atoms with Crippen molar-refractivity contribution in [2.45, 2.75) is 19.8 Å². The van der Waals surface area contributed by atoms with Gasteiger partial charge in [0.15, 0.2) is 0 Å². The lowest BCUT2D eigenvalue weighted by Crippen LogP contribution is -2.01. The Morgan fingerprint density at radius 3 is 2.75 bits per heavy atom. The topological polar surface area (TPSA) is 49.8 Å². The second kappa shape index (κ2) is 5.66. The molecule has 0 aliphatic heterocycles. The Morgan fingerprint density at radius 1 is 1.56 bits per heavy atom. The summed E-state index contributed by atoms with van der Waals surface area (Å²) < 4.78 is 13.7. The lowest BCUT2D eigenvalue weighted by molar-refractivity contribution is 0.620. The number of hydrogen-bond acceptors (Lipinski definition) is 2. The van der Waals surface area contributed by atoms with E-state index in [0.717, 1.165) is 6.42 Å². The van der Waals surface area contributed by atoms with Gasteiger partial charge in [-0.15, -0.1) is 0 Å². The molecule has 1 rings (SSSR count). The average Bonchev–Trinajstić information content (AvgIpc) is 2.28. The first-order valence-electron chi connectivity index (χ1n) is 4.94. The molecule has 1 aromatic rings. The number of nitrogens with zero attached hydrogens (tertiary/aromatic N) is 1. The molecule has 0 aromatic heterocycles. The molecule has 0 radical (unpaired) electrons. The van der Waals surface area contributed by atoms with Crippen LogP contribution in [-0.4, -0.2) is 0 Å². The Labute approximate surface area is 103 Å². The van der Waals surface area contributed by atoms with Gasteiger partial charge < -0.3 is 5.73 Å². The monoisotopic (exact) mass is 282 g/mol. The van der Waals surface area contributed by atoms with Gasteiger partial charge in [0.2, 0.25) is 0 Å². The van der Waals surface area contributed by atoms with Crippen LogP contribution in [0.3, 0.4) is 0 Å². The van der Waals surface area contributed by atoms with Crippen LogP contribution in [0.4, 0.5) is 4.39 Å². The first-order chi connectivity index (χ1) is 7.60. The molecule has 0 saturated heterocycles. The predicted molar refractivity (Wildman–Crippen MR) is 65.7 cm³/mol. The Bertz CT molecular complexity index is 461. The van der Waals surface area contributed by atoms with Gasteiger partial charge in [0.25, 0.3) is 0 Å². The summed E-state index contributed by atoms with van der Waals surface area (Å²) >= 11 is 3.07. The molecule has 0 amide bonds. The highest BCUT2D eigenvalue weighted by atomic mass is 79.9. The van der Waals surface area contributed by atoms with Crippen LogP contribution < -0.4 is 5.73 Å². The van der Waals surface area contributed by atoms with Crippen molar-refractivity contribution in [3.63, 3.8) is 0 Å². The molecule has 0 spiro atoms. The van der Waals surface area contributed by atoms with Gasteiger partial charge in [0.05, 0.1) is 21.8 Å². The van der Waals surface area contributed by atoms with E-state index in [1.54, 1.807) is 12.1 Å². The van der Waals surface area contributed by atoms with E-state index >= 15 is 0 Å². The van der Waals surface area contributed by atoms with E-state index in [4.69, 9.17) is 11.0 Å². The van der Waals surface area contributed by atoms with E-state index in [9.17, 15) is 4.39 Å². The minimum atomic E-state index is -0.380. The molecule has 2 nitrogen and oxygen atoms in total. The molecule has 16 heavy (non-hydrogen) atoms. The molecule has 0 atom stereocenters. The molecule has 0 saturated carbocycles. The Hall–Kier alpha value is -1.34. The van der Waals surface area contributed by atoms with Gasteiger partial charge in [-0.1, -0.05) is 19.4 Å². The van der Waals surface area contributed by atoms with Gasteiger partial charge in [-0.05, 0) is 34.5 Å². The average molecular weight is 283 g/mol. The van der Waals surface area contributed by atoms with E-state index in [2.05, 4.69) is 22.0 Å². The third kappa shape index (κ3) is 2.83. The molecule has 0 fully saturated rings. The van der Waals surface area contributed by atoms with Gasteiger partial charge in [0, 0.05) is 5.56 Å². The summed E-state index contributed by atoms with van der Waals surface area (Å²) in [4.78, 5) is 0. The maximum absolute atomic E-state index is 13.3. The Morgan fingerprint density at radius 2 is 2.25 bits per heavy atom. The smallest absolute Gasteiger partial charge is 0.138 e. The van der Waals surface area contributed by atoms with E-state index in [1.807, 2.05) is 6.92 Å². The van der Waals surface area contributed by atoms with Crippen LogP contribution >= 0.6 is 15.9 Å². The van der Waals surface area contributed by atoms with E-state index in [0.29, 0.717) is 27.7 Å². The van der Waals surface area contributed by atoms with Gasteiger partial charge in [0.1, 0.15) is 5.82 Å². The molecule has 0 heterocycles. The molecule has 4 heteroatoms. The summed E-state index contributed by atoms with van der Waals surface area (Å²) in [5, 5.41) is 8.92. The van der Waals surface area contributed by atoms with E-state index < -0.39 is 0 Å². The molecular formula is C12H12BrFN2. The Kier molecular flexibility index (Phi) is 4.51.